The van der Waals surface area contributed by atoms with Crippen LogP contribution in [0.15, 0.2) is 0 Å². The minimum atomic E-state index is -5.76. The first-order valence-corrected chi connectivity index (χ1v) is 5.63. The van der Waals surface area contributed by atoms with Crippen LogP contribution in [-0.4, -0.2) is 8.32 Å². The maximum absolute atomic E-state index is 9.53. The van der Waals surface area contributed by atoms with Crippen molar-refractivity contribution < 1.29 is 102 Å². The molecule has 2 N–H and O–H groups in total. The average Bonchev–Trinajstić information content (AvgIpc) is 1.14. The molecule has 1 unspecified atom stereocenters. The molecule has 0 aliphatic carbocycles. The van der Waals surface area contributed by atoms with Crippen LogP contribution >= 0.6 is 9.90 Å². The molecule has 72 valence electrons. The summed E-state index contributed by atoms with van der Waals surface area (Å²) in [6.07, 6.45) is 0. The van der Waals surface area contributed by atoms with Gasteiger partial charge in [-0.1, -0.05) is 0 Å². The molecular weight excluding hydrogens is 322 g/mol. The Labute approximate surface area is 111 Å². The zero-order valence-corrected chi connectivity index (χ0v) is 13.1. The molecule has 0 aromatic carbocycles. The van der Waals surface area contributed by atoms with Gasteiger partial charge in [-0.2, -0.15) is 9.90 Å². The minimum absolute atomic E-state index is 0. The van der Waals surface area contributed by atoms with Crippen LogP contribution in [0.2, 0.25) is 0 Å². The first-order valence-electron chi connectivity index (χ1n) is 1.37. The van der Waals surface area contributed by atoms with Gasteiger partial charge in [0.25, 0.3) is 0 Å². The van der Waals surface area contributed by atoms with Crippen LogP contribution in [0.5, 0.6) is 0 Å². The van der Waals surface area contributed by atoms with Gasteiger partial charge in [-0.15, -0.1) is 0 Å². The maximum atomic E-state index is 9.53. The van der Waals surface area contributed by atoms with Crippen molar-refractivity contribution >= 4 is 9.90 Å². The van der Waals surface area contributed by atoms with Gasteiger partial charge in [0.2, 0.25) is 0 Å². The van der Waals surface area contributed by atoms with Crippen molar-refractivity contribution in [2.75, 3.05) is 0 Å². The Morgan fingerprint density at radius 2 is 1.17 bits per heavy atom. The molecule has 0 heterocycles. The van der Waals surface area contributed by atoms with E-state index in [-0.39, 0.29) is 58.2 Å². The third-order valence-electron chi connectivity index (χ3n) is 0.172. The van der Waals surface area contributed by atoms with Crippen molar-refractivity contribution in [1.82, 2.24) is 0 Å². The second kappa shape index (κ2) is 8.42. The molecule has 0 fully saturated rings. The molecule has 0 amide bonds. The quantitative estimate of drug-likeness (QED) is 0.388. The van der Waals surface area contributed by atoms with E-state index < -0.39 is 27.2 Å². The van der Waals surface area contributed by atoms with Crippen LogP contribution in [0.3, 0.4) is 0 Å². The van der Waals surface area contributed by atoms with E-state index >= 15 is 0 Å². The van der Waals surface area contributed by atoms with Crippen molar-refractivity contribution in [3.8, 4) is 0 Å². The zero-order valence-electron chi connectivity index (χ0n) is 6.87. The number of hydrogen-bond acceptors (Lipinski definition) is 5. The molecule has 0 saturated carbocycles. The molecule has 0 rings (SSSR count). The summed E-state index contributed by atoms with van der Waals surface area (Å²) in [4.78, 5) is 0. The van der Waals surface area contributed by atoms with Gasteiger partial charge in [0.15, 0.2) is 0 Å². The van der Waals surface area contributed by atoms with E-state index in [1.807, 2.05) is 0 Å². The molecular formula is H6Cr3NaO7P. The van der Waals surface area contributed by atoms with Gasteiger partial charge in [0.1, 0.15) is 0 Å². The monoisotopic (exact) mass is 328 g/mol. The van der Waals surface area contributed by atoms with E-state index in [1.54, 1.807) is 0 Å². The molecule has 0 saturated heterocycles. The molecule has 0 aliphatic heterocycles. The van der Waals surface area contributed by atoms with Crippen molar-refractivity contribution in [3.63, 3.8) is 0 Å². The molecule has 0 radical (unpaired) electrons. The Morgan fingerprint density at radius 1 is 1.00 bits per heavy atom. The van der Waals surface area contributed by atoms with Crippen molar-refractivity contribution in [2.45, 2.75) is 0 Å². The van der Waals surface area contributed by atoms with Crippen LogP contribution in [0.25, 0.3) is 0 Å². The summed E-state index contributed by atoms with van der Waals surface area (Å²) in [6, 6.07) is 0. The van der Waals surface area contributed by atoms with E-state index in [0.717, 1.165) is 0 Å². The van der Waals surface area contributed by atoms with Crippen molar-refractivity contribution in [1.29, 1.82) is 0 Å². The Balaban J connectivity index is -0.0000000533. The van der Waals surface area contributed by atoms with Crippen LogP contribution < -0.4 is 29.6 Å². The summed E-state index contributed by atoms with van der Waals surface area (Å²) in [5.74, 6) is 0. The molecule has 12 heavy (non-hydrogen) atoms. The van der Waals surface area contributed by atoms with Crippen LogP contribution in [0, 0.1) is 0 Å². The molecule has 1 atom stereocenters. The summed E-state index contributed by atoms with van der Waals surface area (Å²) in [7, 11) is 0. The summed E-state index contributed by atoms with van der Waals surface area (Å²) in [6.45, 7) is 0. The Kier molecular flexibility index (Phi) is 16.6. The van der Waals surface area contributed by atoms with E-state index in [0.29, 0.717) is 0 Å². The summed E-state index contributed by atoms with van der Waals surface area (Å²) in [5.41, 5.74) is 0. The second-order valence-electron chi connectivity index (χ2n) is 0.924. The number of rotatable bonds is 2. The van der Waals surface area contributed by atoms with Gasteiger partial charge in [-0.05, 0) is 0 Å². The Bertz CT molecular complexity index is 249. The fourth-order valence-electron chi connectivity index (χ4n) is 0.109. The van der Waals surface area contributed by atoms with Crippen molar-refractivity contribution in [2.24, 2.45) is 0 Å². The number of hydrogen-bond donors (Lipinski definition) is 2. The molecule has 12 heteroatoms. The fourth-order valence-corrected chi connectivity index (χ4v) is 1.85. The van der Waals surface area contributed by atoms with Crippen LogP contribution in [0.1, 0.15) is 1.43 Å². The summed E-state index contributed by atoms with van der Waals surface area (Å²) >= 11 is -11.5. The molecule has 0 spiro atoms. The van der Waals surface area contributed by atoms with E-state index in [9.17, 15) is 15.2 Å². The van der Waals surface area contributed by atoms with Crippen LogP contribution in [-0.2, 0) is 62.6 Å². The van der Waals surface area contributed by atoms with Crippen molar-refractivity contribution in [3.05, 3.63) is 0 Å². The Morgan fingerprint density at radius 3 is 1.17 bits per heavy atom. The van der Waals surface area contributed by atoms with Gasteiger partial charge in [0.05, 0.1) is 0 Å². The van der Waals surface area contributed by atoms with E-state index in [1.165, 1.54) is 0 Å². The summed E-state index contributed by atoms with van der Waals surface area (Å²) < 4.78 is 56.3. The van der Waals surface area contributed by atoms with Crippen LogP contribution in [0.4, 0.5) is 0 Å². The standard InChI is InChI=1S/3Cr.Na.2H2O.5O.H3P.H/h;;;;2*1H2;;;;;;1H3;/q;3*+1;;;;;;;;;-1/p-2. The zero-order chi connectivity index (χ0) is 7.71. The summed E-state index contributed by atoms with van der Waals surface area (Å²) in [5, 5.41) is 0. The van der Waals surface area contributed by atoms with Gasteiger partial charge in [-0.3, -0.25) is 0 Å². The predicted molar refractivity (Wildman–Crippen MR) is 20.5 cm³/mol. The third-order valence-corrected chi connectivity index (χ3v) is 2.92. The van der Waals surface area contributed by atoms with Gasteiger partial charge in [-0.25, -0.2) is 0 Å². The second-order valence-corrected chi connectivity index (χ2v) is 4.68. The molecule has 0 aromatic rings. The predicted octanol–water partition coefficient (Wildman–Crippen LogP) is -4.49. The first-order chi connectivity index (χ1) is 3.71. The molecule has 0 bridgehead atoms. The first kappa shape index (κ1) is 23.7. The topological polar surface area (TPSA) is 118 Å². The Hall–Kier alpha value is 2.11. The van der Waals surface area contributed by atoms with E-state index in [4.69, 9.17) is 8.32 Å². The van der Waals surface area contributed by atoms with E-state index in [2.05, 4.69) is 2.84 Å². The average molecular weight is 328 g/mol. The normalized spacial score (nSPS) is 10.2. The third kappa shape index (κ3) is 22.7. The SMILES string of the molecule is P.[Cr].[H-].[Na+].[O]=[Cr](=[O])([OH])[O][Cr](=[O])(=[O])[OH]. The fraction of sp³-hybridized carbons (Fsp3) is 0. The van der Waals surface area contributed by atoms with Gasteiger partial charge >= 0.3 is 83.2 Å². The van der Waals surface area contributed by atoms with Gasteiger partial charge < -0.3 is 1.43 Å². The molecule has 0 aliphatic rings. The molecule has 0 aromatic heterocycles. The molecule has 7 nitrogen and oxygen atoms in total. The van der Waals surface area contributed by atoms with Gasteiger partial charge in [0, 0.05) is 17.4 Å².